The van der Waals surface area contributed by atoms with Crippen LogP contribution in [0.2, 0.25) is 0 Å². The molecular weight excluding hydrogens is 278 g/mol. The van der Waals surface area contributed by atoms with Crippen molar-refractivity contribution >= 4 is 34.2 Å². The van der Waals surface area contributed by atoms with Gasteiger partial charge in [-0.05, 0) is 30.8 Å². The van der Waals surface area contributed by atoms with Gasteiger partial charge in [0.2, 0.25) is 5.91 Å². The highest BCUT2D eigenvalue weighted by atomic mass is 32.1. The topological polar surface area (TPSA) is 109 Å². The fraction of sp³-hybridized carbons (Fsp3) is 0.583. The van der Waals surface area contributed by atoms with Crippen LogP contribution in [0.4, 0.5) is 10.8 Å². The maximum absolute atomic E-state index is 12.0. The van der Waals surface area contributed by atoms with E-state index in [9.17, 15) is 9.59 Å². The van der Waals surface area contributed by atoms with Gasteiger partial charge in [0.15, 0.2) is 5.82 Å². The third-order valence-corrected chi connectivity index (χ3v) is 3.66. The van der Waals surface area contributed by atoms with E-state index in [0.717, 1.165) is 30.8 Å². The smallest absolute Gasteiger partial charge is 0.258 e. The minimum atomic E-state index is -0.227. The summed E-state index contributed by atoms with van der Waals surface area (Å²) in [6.07, 6.45) is 2.89. The number of nitrogens with one attached hydrogen (secondary N) is 3. The highest BCUT2D eigenvalue weighted by Gasteiger charge is 2.27. The molecule has 1 aliphatic rings. The normalized spacial score (nSPS) is 13.8. The maximum atomic E-state index is 12.0. The van der Waals surface area contributed by atoms with Gasteiger partial charge in [-0.25, -0.2) is 0 Å². The summed E-state index contributed by atoms with van der Waals surface area (Å²) in [5, 5.41) is 9.07. The van der Waals surface area contributed by atoms with Crippen LogP contribution in [0.1, 0.15) is 36.5 Å². The first kappa shape index (κ1) is 14.6. The molecule has 0 aromatic carbocycles. The molecule has 0 bridgehead atoms. The zero-order valence-corrected chi connectivity index (χ0v) is 12.2. The first-order chi connectivity index (χ1) is 9.61. The number of hydrogen-bond acceptors (Lipinski definition) is 6. The Bertz CT molecular complexity index is 498. The lowest BCUT2D eigenvalue weighted by atomic mass is 10.3. The Hall–Kier alpha value is -1.83. The quantitative estimate of drug-likeness (QED) is 0.588. The van der Waals surface area contributed by atoms with Crippen LogP contribution in [-0.2, 0) is 4.79 Å². The Morgan fingerprint density at radius 1 is 1.45 bits per heavy atom. The molecule has 0 unspecified atom stereocenters. The Labute approximate surface area is 121 Å². The van der Waals surface area contributed by atoms with Crippen molar-refractivity contribution < 1.29 is 9.59 Å². The number of hydrogen-bond donors (Lipinski definition) is 4. The summed E-state index contributed by atoms with van der Waals surface area (Å²) in [6, 6.07) is 0.252. The lowest BCUT2D eigenvalue weighted by Crippen LogP contribution is -2.31. The van der Waals surface area contributed by atoms with Crippen LogP contribution in [0.5, 0.6) is 0 Å². The number of nitrogens with zero attached hydrogens (tertiary/aromatic N) is 1. The Morgan fingerprint density at radius 2 is 2.20 bits per heavy atom. The average molecular weight is 297 g/mol. The van der Waals surface area contributed by atoms with Crippen molar-refractivity contribution in [3.8, 4) is 0 Å². The molecule has 1 aromatic rings. The van der Waals surface area contributed by atoms with Gasteiger partial charge in [0.25, 0.3) is 5.91 Å². The van der Waals surface area contributed by atoms with Crippen LogP contribution in [0.15, 0.2) is 0 Å². The van der Waals surface area contributed by atoms with E-state index < -0.39 is 0 Å². The maximum Gasteiger partial charge on any atom is 0.258 e. The molecule has 0 saturated heterocycles. The van der Waals surface area contributed by atoms with Crippen molar-refractivity contribution in [3.05, 3.63) is 5.56 Å². The van der Waals surface area contributed by atoms with E-state index in [-0.39, 0.29) is 30.2 Å². The van der Waals surface area contributed by atoms with Gasteiger partial charge in [0.1, 0.15) is 10.6 Å². The number of carbonyl (C=O) groups excluding carboxylic acids is 2. The number of aromatic nitrogens is 1. The van der Waals surface area contributed by atoms with Crippen molar-refractivity contribution in [1.82, 2.24) is 15.0 Å². The monoisotopic (exact) mass is 297 g/mol. The van der Waals surface area contributed by atoms with Crippen molar-refractivity contribution in [3.63, 3.8) is 0 Å². The summed E-state index contributed by atoms with van der Waals surface area (Å²) < 4.78 is 3.97. The molecule has 0 spiro atoms. The molecule has 110 valence electrons. The summed E-state index contributed by atoms with van der Waals surface area (Å²) in [5.41, 5.74) is 6.06. The van der Waals surface area contributed by atoms with Crippen LogP contribution >= 0.6 is 11.5 Å². The summed E-state index contributed by atoms with van der Waals surface area (Å²) >= 11 is 1.09. The fourth-order valence-electron chi connectivity index (χ4n) is 1.62. The number of amides is 2. The molecule has 1 aromatic heterocycles. The van der Waals surface area contributed by atoms with Crippen LogP contribution < -0.4 is 21.7 Å². The molecule has 5 N–H and O–H groups in total. The Morgan fingerprint density at radius 3 is 2.85 bits per heavy atom. The predicted octanol–water partition coefficient (Wildman–Crippen LogP) is 0.556. The molecule has 0 radical (unpaired) electrons. The zero-order chi connectivity index (χ0) is 14.5. The highest BCUT2D eigenvalue weighted by molar-refractivity contribution is 7.11. The number of carbonyl (C=O) groups is 2. The number of rotatable bonds is 7. The van der Waals surface area contributed by atoms with Crippen LogP contribution in [0.25, 0.3) is 0 Å². The number of nitrogens with two attached hydrogens (primary N) is 1. The van der Waals surface area contributed by atoms with E-state index in [4.69, 9.17) is 5.73 Å². The minimum Gasteiger partial charge on any atom is -0.382 e. The summed E-state index contributed by atoms with van der Waals surface area (Å²) in [5.74, 6) is -0.146. The predicted molar refractivity (Wildman–Crippen MR) is 78.8 cm³/mol. The molecular formula is C12H19N5O2S. The molecule has 8 heteroatoms. The summed E-state index contributed by atoms with van der Waals surface area (Å²) in [6.45, 7) is 2.73. The van der Waals surface area contributed by atoms with Gasteiger partial charge in [0, 0.05) is 12.6 Å². The van der Waals surface area contributed by atoms with Gasteiger partial charge < -0.3 is 21.7 Å². The second-order valence-electron chi connectivity index (χ2n) is 4.72. The van der Waals surface area contributed by atoms with Gasteiger partial charge in [-0.1, -0.05) is 6.92 Å². The molecule has 0 aliphatic heterocycles. The van der Waals surface area contributed by atoms with E-state index in [2.05, 4.69) is 20.3 Å². The second-order valence-corrected chi connectivity index (χ2v) is 5.50. The van der Waals surface area contributed by atoms with Crippen LogP contribution in [0.3, 0.4) is 0 Å². The summed E-state index contributed by atoms with van der Waals surface area (Å²) in [4.78, 5) is 23.6. The Kier molecular flexibility index (Phi) is 4.78. The average Bonchev–Trinajstić information content (AvgIpc) is 3.15. The van der Waals surface area contributed by atoms with Crippen molar-refractivity contribution in [2.75, 3.05) is 24.1 Å². The standard InChI is InChI=1S/C12H19N5O2S/c1-2-5-14-8(18)6-15-12-9(10(13)17-20-12)11(19)16-7-3-4-7/h7,15H,2-6H2,1H3,(H2,13,17)(H,14,18)(H,16,19). The largest absolute Gasteiger partial charge is 0.382 e. The molecule has 20 heavy (non-hydrogen) atoms. The van der Waals surface area contributed by atoms with Crippen LogP contribution in [-0.4, -0.2) is 35.3 Å². The molecule has 0 atom stereocenters. The molecule has 1 saturated carbocycles. The lowest BCUT2D eigenvalue weighted by molar-refractivity contribution is -0.119. The molecule has 1 fully saturated rings. The summed E-state index contributed by atoms with van der Waals surface area (Å²) in [7, 11) is 0. The molecule has 1 aliphatic carbocycles. The molecule has 2 rings (SSSR count). The van der Waals surface area contributed by atoms with Gasteiger partial charge in [0.05, 0.1) is 6.54 Å². The Balaban J connectivity index is 1.93. The van der Waals surface area contributed by atoms with Crippen molar-refractivity contribution in [2.45, 2.75) is 32.2 Å². The SMILES string of the molecule is CCCNC(=O)CNc1snc(N)c1C(=O)NC1CC1. The van der Waals surface area contributed by atoms with E-state index >= 15 is 0 Å². The molecule has 2 amide bonds. The minimum absolute atomic E-state index is 0.103. The fourth-order valence-corrected chi connectivity index (χ4v) is 2.32. The zero-order valence-electron chi connectivity index (χ0n) is 11.4. The van der Waals surface area contributed by atoms with E-state index in [1.807, 2.05) is 6.92 Å². The van der Waals surface area contributed by atoms with Gasteiger partial charge >= 0.3 is 0 Å². The van der Waals surface area contributed by atoms with Gasteiger partial charge in [-0.15, -0.1) is 0 Å². The second kappa shape index (κ2) is 6.56. The first-order valence-electron chi connectivity index (χ1n) is 6.68. The third-order valence-electron chi connectivity index (χ3n) is 2.84. The van der Waals surface area contributed by atoms with Gasteiger partial charge in [-0.2, -0.15) is 4.37 Å². The van der Waals surface area contributed by atoms with Crippen molar-refractivity contribution in [2.24, 2.45) is 0 Å². The lowest BCUT2D eigenvalue weighted by Gasteiger charge is -2.08. The van der Waals surface area contributed by atoms with Gasteiger partial charge in [-0.3, -0.25) is 9.59 Å². The van der Waals surface area contributed by atoms with E-state index in [0.29, 0.717) is 17.1 Å². The van der Waals surface area contributed by atoms with E-state index in [1.54, 1.807) is 0 Å². The molecule has 1 heterocycles. The van der Waals surface area contributed by atoms with E-state index in [1.165, 1.54) is 0 Å². The molecule has 7 nitrogen and oxygen atoms in total. The third kappa shape index (κ3) is 3.83. The van der Waals surface area contributed by atoms with Crippen molar-refractivity contribution in [1.29, 1.82) is 0 Å². The first-order valence-corrected chi connectivity index (χ1v) is 7.45. The van der Waals surface area contributed by atoms with Crippen LogP contribution in [0, 0.1) is 0 Å². The number of anilines is 2. The highest BCUT2D eigenvalue weighted by Crippen LogP contribution is 2.28. The number of nitrogen functional groups attached to an aromatic ring is 1.